The van der Waals surface area contributed by atoms with Gasteiger partial charge in [0.15, 0.2) is 0 Å². The lowest BCUT2D eigenvalue weighted by molar-refractivity contribution is -0.117. The van der Waals surface area contributed by atoms with E-state index in [0.717, 1.165) is 18.4 Å². The van der Waals surface area contributed by atoms with Gasteiger partial charge in [0.1, 0.15) is 11.4 Å². The van der Waals surface area contributed by atoms with Crippen LogP contribution in [0.5, 0.6) is 0 Å². The number of nitrogens with two attached hydrogens (primary N) is 1. The molecule has 1 aromatic carbocycles. The minimum atomic E-state index is -0.639. The van der Waals surface area contributed by atoms with Crippen LogP contribution in [0.15, 0.2) is 55.0 Å². The summed E-state index contributed by atoms with van der Waals surface area (Å²) in [6.07, 6.45) is 6.68. The molecule has 0 radical (unpaired) electrons. The highest BCUT2D eigenvalue weighted by atomic mass is 16.2. The van der Waals surface area contributed by atoms with Crippen LogP contribution in [0, 0.1) is 0 Å². The van der Waals surface area contributed by atoms with Gasteiger partial charge in [-0.2, -0.15) is 4.98 Å². The topological polar surface area (TPSA) is 147 Å². The average molecular weight is 463 g/mol. The third kappa shape index (κ3) is 7.24. The number of anilines is 4. The van der Waals surface area contributed by atoms with E-state index < -0.39 is 6.04 Å². The highest BCUT2D eigenvalue weighted by molar-refractivity contribution is 6.07. The Labute approximate surface area is 198 Å². The van der Waals surface area contributed by atoms with Gasteiger partial charge in [0.25, 0.3) is 5.91 Å². The second kappa shape index (κ2) is 12.3. The maximum atomic E-state index is 13.0. The molecule has 6 N–H and O–H groups in total. The summed E-state index contributed by atoms with van der Waals surface area (Å²) in [5.41, 5.74) is 8.13. The van der Waals surface area contributed by atoms with E-state index in [-0.39, 0.29) is 11.8 Å². The molecular formula is C24H30N8O2. The maximum absolute atomic E-state index is 13.0. The largest absolute Gasteiger partial charge is 0.369 e. The number of carbonyl (C=O) groups excluding carboxylic acids is 2. The number of pyridine rings is 1. The van der Waals surface area contributed by atoms with Crippen LogP contribution >= 0.6 is 0 Å². The normalized spacial score (nSPS) is 11.4. The predicted molar refractivity (Wildman–Crippen MR) is 134 cm³/mol. The average Bonchev–Trinajstić information content (AvgIpc) is 2.83. The summed E-state index contributed by atoms with van der Waals surface area (Å²) in [4.78, 5) is 37.7. The summed E-state index contributed by atoms with van der Waals surface area (Å²) in [5.74, 6) is 0.208. The van der Waals surface area contributed by atoms with Gasteiger partial charge in [0.05, 0.1) is 6.04 Å². The molecule has 34 heavy (non-hydrogen) atoms. The van der Waals surface area contributed by atoms with E-state index in [0.29, 0.717) is 41.8 Å². The Hall–Kier alpha value is -4.05. The van der Waals surface area contributed by atoms with E-state index in [2.05, 4.69) is 36.2 Å². The van der Waals surface area contributed by atoms with Crippen LogP contribution in [-0.2, 0) is 11.2 Å². The van der Waals surface area contributed by atoms with Crippen molar-refractivity contribution in [2.75, 3.05) is 34.4 Å². The van der Waals surface area contributed by atoms with Crippen LogP contribution < -0.4 is 27.0 Å². The zero-order chi connectivity index (χ0) is 24.3. The van der Waals surface area contributed by atoms with Crippen molar-refractivity contribution in [3.05, 3.63) is 66.1 Å². The predicted octanol–water partition coefficient (Wildman–Crippen LogP) is 2.89. The van der Waals surface area contributed by atoms with E-state index in [4.69, 9.17) is 5.73 Å². The lowest BCUT2D eigenvalue weighted by Gasteiger charge is -2.14. The lowest BCUT2D eigenvalue weighted by atomic mass is 10.2. The van der Waals surface area contributed by atoms with Gasteiger partial charge < -0.3 is 27.0 Å². The molecule has 3 aromatic rings. The lowest BCUT2D eigenvalue weighted by Crippen LogP contribution is -2.32. The first-order valence-corrected chi connectivity index (χ1v) is 11.2. The molecule has 0 saturated heterocycles. The first-order chi connectivity index (χ1) is 16.5. The first-order valence-electron chi connectivity index (χ1n) is 11.2. The Balaban J connectivity index is 1.69. The van der Waals surface area contributed by atoms with E-state index in [1.165, 1.54) is 6.20 Å². The summed E-state index contributed by atoms with van der Waals surface area (Å²) >= 11 is 0. The summed E-state index contributed by atoms with van der Waals surface area (Å²) in [6.45, 7) is 4.93. The molecule has 2 heterocycles. The van der Waals surface area contributed by atoms with E-state index >= 15 is 0 Å². The molecule has 0 bridgehead atoms. The van der Waals surface area contributed by atoms with Gasteiger partial charge in [0.2, 0.25) is 11.9 Å². The smallest absolute Gasteiger partial charge is 0.260 e. The SMILES string of the molecule is CCCNc1nc(NCCc2ccncc2)ncc1C(=O)Nc1cccc(NC(=O)[C@@H](C)N)c1. The van der Waals surface area contributed by atoms with Crippen LogP contribution in [0.4, 0.5) is 23.1 Å². The molecule has 178 valence electrons. The number of rotatable bonds is 11. The van der Waals surface area contributed by atoms with Crippen molar-refractivity contribution in [3.8, 4) is 0 Å². The standard InChI is InChI=1S/C24H30N8O2/c1-3-10-27-21-20(15-29-24(32-21)28-13-9-17-7-11-26-12-8-17)23(34)31-19-6-4-5-18(14-19)30-22(33)16(2)25/h4-8,11-12,14-16H,3,9-10,13,25H2,1-2H3,(H,30,33)(H,31,34)(H2,27,28,29,32)/t16-/m1/s1. The van der Waals surface area contributed by atoms with Crippen molar-refractivity contribution in [3.63, 3.8) is 0 Å². The molecule has 2 aromatic heterocycles. The Kier molecular flexibility index (Phi) is 8.87. The molecule has 0 aliphatic rings. The van der Waals surface area contributed by atoms with Crippen LogP contribution in [0.25, 0.3) is 0 Å². The molecule has 0 aliphatic heterocycles. The monoisotopic (exact) mass is 462 g/mol. The molecule has 0 saturated carbocycles. The van der Waals surface area contributed by atoms with Crippen molar-refractivity contribution in [1.82, 2.24) is 15.0 Å². The number of nitrogens with one attached hydrogen (secondary N) is 4. The Morgan fingerprint density at radius 1 is 1.03 bits per heavy atom. The third-order valence-electron chi connectivity index (χ3n) is 4.82. The Morgan fingerprint density at radius 3 is 2.47 bits per heavy atom. The Morgan fingerprint density at radius 2 is 1.76 bits per heavy atom. The quantitative estimate of drug-likeness (QED) is 0.292. The first kappa shape index (κ1) is 24.6. The van der Waals surface area contributed by atoms with Crippen LogP contribution in [0.1, 0.15) is 36.2 Å². The fourth-order valence-corrected chi connectivity index (χ4v) is 3.01. The van der Waals surface area contributed by atoms with Gasteiger partial charge in [-0.3, -0.25) is 14.6 Å². The summed E-state index contributed by atoms with van der Waals surface area (Å²) < 4.78 is 0. The fraction of sp³-hybridized carbons (Fsp3) is 0.292. The molecule has 0 spiro atoms. The molecule has 0 unspecified atom stereocenters. The van der Waals surface area contributed by atoms with Gasteiger partial charge in [-0.05, 0) is 55.7 Å². The molecule has 10 nitrogen and oxygen atoms in total. The summed E-state index contributed by atoms with van der Waals surface area (Å²) in [5, 5.41) is 11.9. The highest BCUT2D eigenvalue weighted by Gasteiger charge is 2.16. The van der Waals surface area contributed by atoms with Gasteiger partial charge in [0, 0.05) is 43.1 Å². The molecule has 0 aliphatic carbocycles. The number of nitrogens with zero attached hydrogens (tertiary/aromatic N) is 3. The van der Waals surface area contributed by atoms with Crippen molar-refractivity contribution in [1.29, 1.82) is 0 Å². The van der Waals surface area contributed by atoms with Crippen molar-refractivity contribution < 1.29 is 9.59 Å². The molecular weight excluding hydrogens is 432 g/mol. The molecule has 3 rings (SSSR count). The minimum Gasteiger partial charge on any atom is -0.369 e. The van der Waals surface area contributed by atoms with Crippen molar-refractivity contribution in [2.45, 2.75) is 32.7 Å². The minimum absolute atomic E-state index is 0.310. The van der Waals surface area contributed by atoms with Gasteiger partial charge in [-0.1, -0.05) is 13.0 Å². The van der Waals surface area contributed by atoms with E-state index in [1.54, 1.807) is 43.6 Å². The zero-order valence-corrected chi connectivity index (χ0v) is 19.3. The molecule has 0 fully saturated rings. The van der Waals surface area contributed by atoms with Crippen LogP contribution in [0.2, 0.25) is 0 Å². The number of carbonyl (C=O) groups is 2. The fourth-order valence-electron chi connectivity index (χ4n) is 3.01. The van der Waals surface area contributed by atoms with E-state index in [9.17, 15) is 9.59 Å². The van der Waals surface area contributed by atoms with Gasteiger partial charge in [-0.15, -0.1) is 0 Å². The van der Waals surface area contributed by atoms with Gasteiger partial charge in [-0.25, -0.2) is 4.98 Å². The zero-order valence-electron chi connectivity index (χ0n) is 19.3. The molecule has 1 atom stereocenters. The molecule has 10 heteroatoms. The summed E-state index contributed by atoms with van der Waals surface area (Å²) in [7, 11) is 0. The second-order valence-electron chi connectivity index (χ2n) is 7.73. The highest BCUT2D eigenvalue weighted by Crippen LogP contribution is 2.19. The van der Waals surface area contributed by atoms with Crippen molar-refractivity contribution in [2.24, 2.45) is 5.73 Å². The van der Waals surface area contributed by atoms with Crippen LogP contribution in [-0.4, -0.2) is 45.9 Å². The van der Waals surface area contributed by atoms with Crippen LogP contribution in [0.3, 0.4) is 0 Å². The molecule has 2 amide bonds. The Bertz CT molecular complexity index is 1110. The maximum Gasteiger partial charge on any atom is 0.260 e. The third-order valence-corrected chi connectivity index (χ3v) is 4.82. The number of hydrogen-bond acceptors (Lipinski definition) is 8. The second-order valence-corrected chi connectivity index (χ2v) is 7.73. The summed E-state index contributed by atoms with van der Waals surface area (Å²) in [6, 6.07) is 10.1. The van der Waals surface area contributed by atoms with E-state index in [1.807, 2.05) is 19.1 Å². The van der Waals surface area contributed by atoms with Crippen molar-refractivity contribution >= 4 is 35.0 Å². The number of amides is 2. The number of hydrogen-bond donors (Lipinski definition) is 5. The number of benzene rings is 1. The number of aromatic nitrogens is 3. The van der Waals surface area contributed by atoms with Gasteiger partial charge >= 0.3 is 0 Å².